The Morgan fingerprint density at radius 2 is 0.950 bits per heavy atom. The first-order chi connectivity index (χ1) is 19.8. The van der Waals surface area contributed by atoms with E-state index in [1.165, 1.54) is 37.8 Å². The number of benzene rings is 6. The van der Waals surface area contributed by atoms with Gasteiger partial charge in [0.2, 0.25) is 0 Å². The van der Waals surface area contributed by atoms with Crippen molar-refractivity contribution < 1.29 is 4.39 Å². The third-order valence-electron chi connectivity index (χ3n) is 8.28. The lowest BCUT2D eigenvalue weighted by molar-refractivity contribution is 0.627. The summed E-state index contributed by atoms with van der Waals surface area (Å²) in [4.78, 5) is 3.82. The number of para-hydroxylation sites is 4. The third kappa shape index (κ3) is 2.72. The van der Waals surface area contributed by atoms with Crippen LogP contribution in [-0.2, 0) is 0 Å². The number of nitrogens with one attached hydrogen (secondary N) is 1. The van der Waals surface area contributed by atoms with Crippen LogP contribution in [0.5, 0.6) is 0 Å². The molecule has 9 rings (SSSR count). The summed E-state index contributed by atoms with van der Waals surface area (Å²) in [7, 11) is 0. The van der Waals surface area contributed by atoms with Crippen molar-refractivity contribution in [3.05, 3.63) is 133 Å². The number of nitrogens with zero attached hydrogens (tertiary/aromatic N) is 2. The SMILES string of the molecule is Fc1ccc(-n2c3ccccc3c3c4c(c5ccccc5n4-c4ccccc4)c4[nH]c5ccccc5c4c32)cc1. The van der Waals surface area contributed by atoms with Crippen molar-refractivity contribution >= 4 is 65.4 Å². The molecule has 0 fully saturated rings. The van der Waals surface area contributed by atoms with Crippen molar-refractivity contribution in [1.82, 2.24) is 14.1 Å². The standard InChI is InChI=1S/C36H22FN3/c37-22-18-20-24(21-19-22)40-30-17-9-6-14-27(30)33-35(40)31-25-12-4-7-15-28(25)38-34(31)32-26-13-5-8-16-29(26)39(36(32)33)23-10-2-1-3-11-23/h1-21,38H. The van der Waals surface area contributed by atoms with E-state index >= 15 is 0 Å². The average Bonchev–Trinajstić information content (AvgIpc) is 3.66. The molecule has 6 aromatic carbocycles. The van der Waals surface area contributed by atoms with Crippen LogP contribution in [0.15, 0.2) is 127 Å². The molecule has 0 saturated heterocycles. The predicted molar refractivity (Wildman–Crippen MR) is 164 cm³/mol. The minimum Gasteiger partial charge on any atom is -0.354 e. The van der Waals surface area contributed by atoms with Crippen LogP contribution in [0.1, 0.15) is 0 Å². The second-order valence-electron chi connectivity index (χ2n) is 10.4. The maximum absolute atomic E-state index is 14.1. The molecule has 188 valence electrons. The summed E-state index contributed by atoms with van der Waals surface area (Å²) in [6.07, 6.45) is 0. The summed E-state index contributed by atoms with van der Waals surface area (Å²) in [5, 5.41) is 7.12. The van der Waals surface area contributed by atoms with Gasteiger partial charge in [0.05, 0.1) is 27.6 Å². The fourth-order valence-corrected chi connectivity index (χ4v) is 6.73. The fourth-order valence-electron chi connectivity index (χ4n) is 6.73. The van der Waals surface area contributed by atoms with E-state index in [1.807, 2.05) is 12.1 Å². The van der Waals surface area contributed by atoms with Crippen molar-refractivity contribution in [3.8, 4) is 11.4 Å². The highest BCUT2D eigenvalue weighted by Gasteiger charge is 2.26. The van der Waals surface area contributed by atoms with Gasteiger partial charge in [-0.15, -0.1) is 0 Å². The van der Waals surface area contributed by atoms with Gasteiger partial charge < -0.3 is 14.1 Å². The molecule has 0 aliphatic heterocycles. The number of fused-ring (bicyclic) bond motifs is 12. The number of hydrogen-bond acceptors (Lipinski definition) is 0. The Labute approximate surface area is 228 Å². The summed E-state index contributed by atoms with van der Waals surface area (Å²) in [6.45, 7) is 0. The van der Waals surface area contributed by atoms with Crippen LogP contribution in [0.3, 0.4) is 0 Å². The molecule has 0 saturated carbocycles. The van der Waals surface area contributed by atoms with E-state index < -0.39 is 0 Å². The zero-order valence-electron chi connectivity index (χ0n) is 21.4. The Hall–Kier alpha value is -5.35. The summed E-state index contributed by atoms with van der Waals surface area (Å²) in [5.41, 5.74) is 8.79. The normalized spacial score (nSPS) is 12.1. The topological polar surface area (TPSA) is 25.6 Å². The molecule has 3 heterocycles. The summed E-state index contributed by atoms with van der Waals surface area (Å²) < 4.78 is 18.8. The van der Waals surface area contributed by atoms with Gasteiger partial charge in [0.25, 0.3) is 0 Å². The van der Waals surface area contributed by atoms with Crippen molar-refractivity contribution in [2.75, 3.05) is 0 Å². The van der Waals surface area contributed by atoms with Gasteiger partial charge >= 0.3 is 0 Å². The first kappa shape index (κ1) is 21.6. The predicted octanol–water partition coefficient (Wildman–Crippen LogP) is 9.65. The van der Waals surface area contributed by atoms with Gasteiger partial charge in [0, 0.05) is 49.2 Å². The van der Waals surface area contributed by atoms with Crippen LogP contribution < -0.4 is 0 Å². The van der Waals surface area contributed by atoms with E-state index in [-0.39, 0.29) is 5.82 Å². The van der Waals surface area contributed by atoms with Crippen LogP contribution in [0.2, 0.25) is 0 Å². The van der Waals surface area contributed by atoms with Gasteiger partial charge in [0.1, 0.15) is 5.82 Å². The van der Waals surface area contributed by atoms with Crippen LogP contribution in [-0.4, -0.2) is 14.1 Å². The maximum Gasteiger partial charge on any atom is 0.123 e. The van der Waals surface area contributed by atoms with Gasteiger partial charge in [-0.1, -0.05) is 72.8 Å². The second kappa shape index (κ2) is 7.84. The number of rotatable bonds is 2. The van der Waals surface area contributed by atoms with Crippen LogP contribution >= 0.6 is 0 Å². The van der Waals surface area contributed by atoms with E-state index in [0.717, 1.165) is 39.0 Å². The highest BCUT2D eigenvalue weighted by molar-refractivity contribution is 6.39. The molecule has 0 aliphatic carbocycles. The number of H-pyrrole nitrogens is 1. The Bertz CT molecular complexity index is 2420. The zero-order chi connectivity index (χ0) is 26.4. The first-order valence-electron chi connectivity index (χ1n) is 13.5. The molecular formula is C36H22FN3. The smallest absolute Gasteiger partial charge is 0.123 e. The minimum absolute atomic E-state index is 0.242. The van der Waals surface area contributed by atoms with Crippen molar-refractivity contribution in [3.63, 3.8) is 0 Å². The Kier molecular flexibility index (Phi) is 4.23. The Morgan fingerprint density at radius 1 is 0.450 bits per heavy atom. The molecule has 0 radical (unpaired) electrons. The third-order valence-corrected chi connectivity index (χ3v) is 8.28. The van der Waals surface area contributed by atoms with Crippen molar-refractivity contribution in [2.24, 2.45) is 0 Å². The molecule has 0 atom stereocenters. The first-order valence-corrected chi connectivity index (χ1v) is 13.5. The van der Waals surface area contributed by atoms with Gasteiger partial charge in [-0.25, -0.2) is 4.39 Å². The minimum atomic E-state index is -0.242. The second-order valence-corrected chi connectivity index (χ2v) is 10.4. The lowest BCUT2D eigenvalue weighted by Crippen LogP contribution is -1.96. The lowest BCUT2D eigenvalue weighted by Gasteiger charge is -2.11. The molecule has 4 heteroatoms. The fraction of sp³-hybridized carbons (Fsp3) is 0. The quantitative estimate of drug-likeness (QED) is 0.237. The van der Waals surface area contributed by atoms with E-state index in [0.29, 0.717) is 0 Å². The van der Waals surface area contributed by atoms with Crippen molar-refractivity contribution in [2.45, 2.75) is 0 Å². The Balaban J connectivity index is 1.68. The van der Waals surface area contributed by atoms with Crippen LogP contribution in [0.25, 0.3) is 76.8 Å². The molecule has 0 amide bonds. The molecule has 1 N–H and O–H groups in total. The summed E-state index contributed by atoms with van der Waals surface area (Å²) in [6, 6.07) is 43.2. The van der Waals surface area contributed by atoms with Gasteiger partial charge in [0.15, 0.2) is 0 Å². The molecule has 3 nitrogen and oxygen atoms in total. The lowest BCUT2D eigenvalue weighted by atomic mass is 10.0. The monoisotopic (exact) mass is 515 g/mol. The zero-order valence-corrected chi connectivity index (χ0v) is 21.4. The molecule has 9 aromatic rings. The molecule has 0 bridgehead atoms. The Morgan fingerprint density at radius 3 is 1.62 bits per heavy atom. The van der Waals surface area contributed by atoms with E-state index in [1.54, 1.807) is 12.1 Å². The molecule has 0 spiro atoms. The molecule has 0 aliphatic rings. The molecular weight excluding hydrogens is 493 g/mol. The maximum atomic E-state index is 14.1. The van der Waals surface area contributed by atoms with Gasteiger partial charge in [-0.2, -0.15) is 0 Å². The van der Waals surface area contributed by atoms with Gasteiger partial charge in [-0.05, 0) is 54.6 Å². The highest BCUT2D eigenvalue weighted by atomic mass is 19.1. The summed E-state index contributed by atoms with van der Waals surface area (Å²) in [5.74, 6) is -0.242. The number of halogens is 1. The summed E-state index contributed by atoms with van der Waals surface area (Å²) >= 11 is 0. The largest absolute Gasteiger partial charge is 0.354 e. The molecule has 0 unspecified atom stereocenters. The van der Waals surface area contributed by atoms with Crippen LogP contribution in [0, 0.1) is 5.82 Å². The number of aromatic nitrogens is 3. The van der Waals surface area contributed by atoms with Crippen molar-refractivity contribution in [1.29, 1.82) is 0 Å². The van der Waals surface area contributed by atoms with E-state index in [2.05, 4.69) is 117 Å². The van der Waals surface area contributed by atoms with E-state index in [4.69, 9.17) is 0 Å². The molecule has 40 heavy (non-hydrogen) atoms. The van der Waals surface area contributed by atoms with Crippen LogP contribution in [0.4, 0.5) is 4.39 Å². The number of aromatic amines is 1. The average molecular weight is 516 g/mol. The van der Waals surface area contributed by atoms with Gasteiger partial charge in [-0.3, -0.25) is 0 Å². The van der Waals surface area contributed by atoms with E-state index in [9.17, 15) is 4.39 Å². The number of hydrogen-bond donors (Lipinski definition) is 1. The molecule has 3 aromatic heterocycles. The highest BCUT2D eigenvalue weighted by Crippen LogP contribution is 2.48.